The minimum atomic E-state index is 0. The molecule has 0 saturated carbocycles. The van der Waals surface area contributed by atoms with Gasteiger partial charge in [-0.15, -0.1) is 50.9 Å². The van der Waals surface area contributed by atoms with Gasteiger partial charge in [0.2, 0.25) is 0 Å². The third-order valence-corrected chi connectivity index (χ3v) is 5.55. The van der Waals surface area contributed by atoms with Gasteiger partial charge in [0.25, 0.3) is 0 Å². The van der Waals surface area contributed by atoms with Gasteiger partial charge >= 0.3 is 31.5 Å². The van der Waals surface area contributed by atoms with Crippen molar-refractivity contribution in [2.75, 3.05) is 0 Å². The first kappa shape index (κ1) is 26.1. The van der Waals surface area contributed by atoms with Crippen molar-refractivity contribution in [2.45, 2.75) is 6.42 Å². The van der Waals surface area contributed by atoms with Crippen LogP contribution in [0.5, 0.6) is 0 Å². The predicted octanol–water partition coefficient (Wildman–Crippen LogP) is 1.58. The third kappa shape index (κ3) is 5.61. The maximum atomic E-state index is 4.17. The Kier molecular flexibility index (Phi) is 10.3. The molecule has 1 aliphatic carbocycles. The van der Waals surface area contributed by atoms with E-state index in [0.29, 0.717) is 0 Å². The summed E-state index contributed by atoms with van der Waals surface area (Å²) in [6, 6.07) is 28.8. The van der Waals surface area contributed by atoms with Gasteiger partial charge in [0, 0.05) is 12.4 Å². The number of nitrogens with zero attached hydrogens (tertiary/aromatic N) is 1. The van der Waals surface area contributed by atoms with E-state index in [1.165, 1.54) is 43.8 Å². The fourth-order valence-corrected chi connectivity index (χ4v) is 4.19. The largest absolute Gasteiger partial charge is 0.126 e. The molecule has 6 rings (SSSR count). The molecule has 0 radical (unpaired) electrons. The minimum absolute atomic E-state index is 0. The third-order valence-electron chi connectivity index (χ3n) is 5.08. The van der Waals surface area contributed by atoms with Gasteiger partial charge in [-0.3, -0.25) is 4.98 Å². The van der Waals surface area contributed by atoms with Crippen LogP contribution in [0, 0.1) is 6.07 Å². The molecule has 6 heteroatoms. The van der Waals surface area contributed by atoms with Crippen LogP contribution in [0.4, 0.5) is 0 Å². The summed E-state index contributed by atoms with van der Waals surface area (Å²) >= 11 is 4.57. The molecule has 0 unspecified atom stereocenters. The van der Waals surface area contributed by atoms with Gasteiger partial charge in [-0.1, -0.05) is 62.4 Å². The molecule has 1 nitrogen and oxygen atoms in total. The number of rotatable bonds is 0. The van der Waals surface area contributed by atoms with Gasteiger partial charge in [0.1, 0.15) is 0 Å². The zero-order valence-corrected chi connectivity index (χ0v) is 22.7. The van der Waals surface area contributed by atoms with Gasteiger partial charge in [0.15, 0.2) is 0 Å². The Bertz CT molecular complexity index is 1250. The standard InChI is InChI=1S/C13H9.C12H7BrN.2ClH.S.Zr/c1-3-7-12-10(5-1)9-11-6-2-4-8-13(11)12;13-10-1-2-11-9(6-10)5-8-3-4-14-7-12(8)11;;;;/h1-9H;1-4,7H,5H2;2*1H;;/q2*-1;;;;+2/p-2. The number of hydrogen-bond donors (Lipinski definition) is 0. The molecule has 1 aliphatic rings. The smallest absolute Gasteiger partial charge is 0.0771 e. The van der Waals surface area contributed by atoms with Crippen molar-refractivity contribution in [3.8, 4) is 11.1 Å². The minimum Gasteiger partial charge on any atom is -0.126 e. The molecule has 0 fully saturated rings. The van der Waals surface area contributed by atoms with E-state index in [9.17, 15) is 0 Å². The molecule has 0 aliphatic heterocycles. The fourth-order valence-electron chi connectivity index (χ4n) is 3.82. The Hall–Kier alpha value is -1.16. The number of aromatic nitrogens is 1. The summed E-state index contributed by atoms with van der Waals surface area (Å²) in [5.74, 6) is 0. The molecule has 4 aromatic carbocycles. The van der Waals surface area contributed by atoms with Crippen molar-refractivity contribution >= 4 is 46.3 Å². The second-order valence-electron chi connectivity index (χ2n) is 6.73. The van der Waals surface area contributed by atoms with Crippen molar-refractivity contribution in [3.63, 3.8) is 0 Å². The molecular weight excluding hydrogens is 588 g/mol. The fraction of sp³-hybridized carbons (Fsp3) is 0.0400. The first-order valence-electron chi connectivity index (χ1n) is 9.17. The second-order valence-corrected chi connectivity index (χ2v) is 7.58. The van der Waals surface area contributed by atoms with Gasteiger partial charge in [-0.25, -0.2) is 0 Å². The first-order valence-corrected chi connectivity index (χ1v) is 13.4. The van der Waals surface area contributed by atoms with E-state index in [1.54, 1.807) is 0 Å². The van der Waals surface area contributed by atoms with E-state index in [0.717, 1.165) is 33.6 Å². The maximum absolute atomic E-state index is 4.17. The number of pyridine rings is 1. The molecule has 0 atom stereocenters. The topological polar surface area (TPSA) is 12.9 Å². The Balaban J connectivity index is 0.000000193. The molecule has 5 aromatic rings. The summed E-state index contributed by atoms with van der Waals surface area (Å²) in [5, 5.41) is 5.39. The molecular formula is C25H16BrCl2NSZr-2. The zero-order valence-electron chi connectivity index (χ0n) is 16.3. The summed E-state index contributed by atoms with van der Waals surface area (Å²) in [6.07, 6.45) is 4.76. The SMILES string of the molecule is Brc1[c-]c2c(cc1)-c1cnccc1C2.[Cl-].[Cl-].[S]=[Zr+2].c1ccc2c(c1)[cH-]c1ccccc12. The molecule has 0 bridgehead atoms. The predicted molar refractivity (Wildman–Crippen MR) is 124 cm³/mol. The molecule has 0 N–H and O–H groups in total. The Labute approximate surface area is 221 Å². The summed E-state index contributed by atoms with van der Waals surface area (Å²) in [5.41, 5.74) is 5.15. The summed E-state index contributed by atoms with van der Waals surface area (Å²) in [4.78, 5) is 4.15. The van der Waals surface area contributed by atoms with Crippen molar-refractivity contribution in [3.05, 3.63) is 107 Å². The summed E-state index contributed by atoms with van der Waals surface area (Å²) < 4.78 is 1.03. The van der Waals surface area contributed by atoms with E-state index in [4.69, 9.17) is 0 Å². The number of benzene rings is 3. The average Bonchev–Trinajstić information content (AvgIpc) is 3.33. The number of hydrogen-bond acceptors (Lipinski definition) is 2. The van der Waals surface area contributed by atoms with E-state index in [2.05, 4.69) is 103 Å². The van der Waals surface area contributed by atoms with Crippen LogP contribution in [0.25, 0.3) is 32.7 Å². The Morgan fingerprint density at radius 2 is 1.45 bits per heavy atom. The van der Waals surface area contributed by atoms with Crippen LogP contribution < -0.4 is 24.8 Å². The monoisotopic (exact) mass is 601 g/mol. The van der Waals surface area contributed by atoms with Crippen LogP contribution in [0.15, 0.2) is 89.7 Å². The van der Waals surface area contributed by atoms with Crippen molar-refractivity contribution in [2.24, 2.45) is 0 Å². The molecule has 0 amide bonds. The van der Waals surface area contributed by atoms with Crippen molar-refractivity contribution in [1.29, 1.82) is 0 Å². The van der Waals surface area contributed by atoms with Crippen LogP contribution in [0.3, 0.4) is 0 Å². The van der Waals surface area contributed by atoms with Gasteiger partial charge in [0.05, 0.1) is 0 Å². The van der Waals surface area contributed by atoms with Crippen LogP contribution in [-0.4, -0.2) is 4.98 Å². The van der Waals surface area contributed by atoms with Crippen LogP contribution >= 0.6 is 24.8 Å². The van der Waals surface area contributed by atoms with E-state index < -0.39 is 0 Å². The van der Waals surface area contributed by atoms with Crippen molar-refractivity contribution < 1.29 is 47.5 Å². The Morgan fingerprint density at radius 1 is 0.839 bits per heavy atom. The van der Waals surface area contributed by atoms with E-state index >= 15 is 0 Å². The normalized spacial score (nSPS) is 10.4. The number of halogens is 3. The Morgan fingerprint density at radius 3 is 2.10 bits per heavy atom. The molecule has 0 saturated heterocycles. The second kappa shape index (κ2) is 12.2. The first-order chi connectivity index (χ1) is 14.3. The van der Waals surface area contributed by atoms with Crippen molar-refractivity contribution in [1.82, 2.24) is 4.98 Å². The molecule has 1 aromatic heterocycles. The number of fused-ring (bicyclic) bond motifs is 6. The van der Waals surface area contributed by atoms with Gasteiger partial charge in [-0.05, 0) is 18.1 Å². The molecule has 31 heavy (non-hydrogen) atoms. The maximum Gasteiger partial charge on any atom is -0.0771 e. The summed E-state index contributed by atoms with van der Waals surface area (Å²) in [6.45, 7) is 0. The van der Waals surface area contributed by atoms with Crippen LogP contribution in [0.2, 0.25) is 0 Å². The zero-order chi connectivity index (χ0) is 20.2. The van der Waals surface area contributed by atoms with E-state index in [-0.39, 0.29) is 24.8 Å². The molecule has 154 valence electrons. The molecule has 0 spiro atoms. The summed E-state index contributed by atoms with van der Waals surface area (Å²) in [7, 11) is 4.17. The van der Waals surface area contributed by atoms with Crippen LogP contribution in [-0.2, 0) is 29.1 Å². The van der Waals surface area contributed by atoms with Crippen LogP contribution in [0.1, 0.15) is 11.1 Å². The van der Waals surface area contributed by atoms with Gasteiger partial charge in [-0.2, -0.15) is 18.2 Å². The quantitative estimate of drug-likeness (QED) is 0.245. The van der Waals surface area contributed by atoms with Gasteiger partial charge < -0.3 is 24.8 Å². The average molecular weight is 605 g/mol. The van der Waals surface area contributed by atoms with E-state index in [1.807, 2.05) is 18.5 Å². The molecule has 1 heterocycles.